The van der Waals surface area contributed by atoms with Crippen LogP contribution in [0.2, 0.25) is 0 Å². The van der Waals surface area contributed by atoms with Gasteiger partial charge in [0, 0.05) is 9.77 Å². The summed E-state index contributed by atoms with van der Waals surface area (Å²) in [5, 5.41) is 8.72. The molecule has 14 heavy (non-hydrogen) atoms. The predicted octanol–water partition coefficient (Wildman–Crippen LogP) is 3.08. The number of aromatic carboxylic acids is 1. The molecule has 0 atom stereocenters. The van der Waals surface area contributed by atoms with Gasteiger partial charge in [-0.1, -0.05) is 0 Å². The number of rotatable bonds is 2. The van der Waals surface area contributed by atoms with Crippen molar-refractivity contribution in [2.75, 3.05) is 0 Å². The van der Waals surface area contributed by atoms with Crippen LogP contribution >= 0.6 is 38.5 Å². The molecule has 1 N–H and O–H groups in total. The summed E-state index contributed by atoms with van der Waals surface area (Å²) in [4.78, 5) is 14.1. The maximum Gasteiger partial charge on any atom is 0.338 e. The smallest absolute Gasteiger partial charge is 0.338 e. The van der Waals surface area contributed by atoms with Crippen LogP contribution in [0.3, 0.4) is 0 Å². The lowest BCUT2D eigenvalue weighted by atomic mass is 10.2. The highest BCUT2D eigenvalue weighted by Crippen LogP contribution is 2.29. The molecule has 76 valence electrons. The number of pyridine rings is 1. The van der Waals surface area contributed by atoms with Crippen LogP contribution in [0.5, 0.6) is 0 Å². The van der Waals surface area contributed by atoms with Crippen LogP contribution in [-0.4, -0.2) is 16.1 Å². The standard InChI is InChI=1S/C7H3BrF2INO2/c8-2-1-12-5(6(9)10)3(4(2)11)7(13)14/h1,6H,(H,13,14). The predicted molar refractivity (Wildman–Crippen MR) is 56.6 cm³/mol. The molecule has 1 aromatic rings. The number of nitrogens with zero attached hydrogens (tertiary/aromatic N) is 1. The van der Waals surface area contributed by atoms with Crippen molar-refractivity contribution in [1.29, 1.82) is 0 Å². The highest BCUT2D eigenvalue weighted by molar-refractivity contribution is 14.1. The molecule has 0 saturated carbocycles. The lowest BCUT2D eigenvalue weighted by Gasteiger charge is -2.06. The van der Waals surface area contributed by atoms with Crippen LogP contribution in [-0.2, 0) is 0 Å². The molecule has 0 aromatic carbocycles. The molecule has 1 aromatic heterocycles. The average molecular weight is 378 g/mol. The van der Waals surface area contributed by atoms with Crippen LogP contribution in [0.1, 0.15) is 22.5 Å². The van der Waals surface area contributed by atoms with Crippen LogP contribution in [0.4, 0.5) is 8.78 Å². The highest BCUT2D eigenvalue weighted by atomic mass is 127. The maximum atomic E-state index is 12.4. The molecule has 1 heterocycles. The van der Waals surface area contributed by atoms with Gasteiger partial charge in [0.2, 0.25) is 0 Å². The summed E-state index contributed by atoms with van der Waals surface area (Å²) in [7, 11) is 0. The van der Waals surface area contributed by atoms with Crippen LogP contribution in [0.15, 0.2) is 10.7 Å². The Morgan fingerprint density at radius 2 is 2.21 bits per heavy atom. The summed E-state index contributed by atoms with van der Waals surface area (Å²) >= 11 is 4.70. The number of halogens is 4. The van der Waals surface area contributed by atoms with Gasteiger partial charge in [0.25, 0.3) is 6.43 Å². The third kappa shape index (κ3) is 2.19. The molecule has 0 aliphatic heterocycles. The number of carboxylic acid groups (broad SMARTS) is 1. The van der Waals surface area contributed by atoms with Gasteiger partial charge in [0.15, 0.2) is 0 Å². The molecular formula is C7H3BrF2INO2. The highest BCUT2D eigenvalue weighted by Gasteiger charge is 2.23. The first-order valence-corrected chi connectivity index (χ1v) is 5.17. The minimum absolute atomic E-state index is 0.223. The van der Waals surface area contributed by atoms with E-state index in [0.29, 0.717) is 4.47 Å². The third-order valence-corrected chi connectivity index (χ3v) is 3.89. The van der Waals surface area contributed by atoms with Crippen molar-refractivity contribution in [1.82, 2.24) is 4.98 Å². The zero-order valence-electron chi connectivity index (χ0n) is 6.47. The summed E-state index contributed by atoms with van der Waals surface area (Å²) in [6, 6.07) is 0. The summed E-state index contributed by atoms with van der Waals surface area (Å²) in [5.41, 5.74) is -1.15. The molecule has 7 heteroatoms. The van der Waals surface area contributed by atoms with Crippen LogP contribution < -0.4 is 0 Å². The first kappa shape index (κ1) is 11.8. The average Bonchev–Trinajstić information content (AvgIpc) is 2.08. The quantitative estimate of drug-likeness (QED) is 0.806. The summed E-state index contributed by atoms with van der Waals surface area (Å²) in [6.45, 7) is 0. The molecule has 0 aliphatic rings. The van der Waals surface area contributed by atoms with Gasteiger partial charge in [0.05, 0.1) is 4.47 Å². The van der Waals surface area contributed by atoms with E-state index in [9.17, 15) is 13.6 Å². The first-order valence-electron chi connectivity index (χ1n) is 3.30. The van der Waals surface area contributed by atoms with Crippen LogP contribution in [0, 0.1) is 3.57 Å². The summed E-state index contributed by atoms with van der Waals surface area (Å²) in [5.74, 6) is -1.40. The zero-order chi connectivity index (χ0) is 10.9. The largest absolute Gasteiger partial charge is 0.478 e. The van der Waals surface area contributed by atoms with E-state index in [1.165, 1.54) is 0 Å². The van der Waals surface area contributed by atoms with Gasteiger partial charge in [-0.25, -0.2) is 13.6 Å². The number of carbonyl (C=O) groups is 1. The molecular weight excluding hydrogens is 375 g/mol. The fourth-order valence-electron chi connectivity index (χ4n) is 0.848. The molecule has 0 spiro atoms. The monoisotopic (exact) mass is 377 g/mol. The van der Waals surface area contributed by atoms with Gasteiger partial charge < -0.3 is 5.11 Å². The van der Waals surface area contributed by atoms with E-state index in [0.717, 1.165) is 6.20 Å². The van der Waals surface area contributed by atoms with E-state index in [-0.39, 0.29) is 3.57 Å². The van der Waals surface area contributed by atoms with Gasteiger partial charge in [-0.05, 0) is 38.5 Å². The Hall–Kier alpha value is -0.310. The molecule has 3 nitrogen and oxygen atoms in total. The Morgan fingerprint density at radius 3 is 2.64 bits per heavy atom. The number of hydrogen-bond acceptors (Lipinski definition) is 2. The van der Waals surface area contributed by atoms with Gasteiger partial charge in [-0.15, -0.1) is 0 Å². The van der Waals surface area contributed by atoms with Crippen LogP contribution in [0.25, 0.3) is 0 Å². The molecule has 0 bridgehead atoms. The first-order chi connectivity index (χ1) is 6.45. The Labute approximate surface area is 99.8 Å². The second-order valence-electron chi connectivity index (χ2n) is 2.29. The lowest BCUT2D eigenvalue weighted by Crippen LogP contribution is -2.08. The van der Waals surface area contributed by atoms with Crippen molar-refractivity contribution < 1.29 is 18.7 Å². The lowest BCUT2D eigenvalue weighted by molar-refractivity contribution is 0.0680. The van der Waals surface area contributed by atoms with Crippen molar-refractivity contribution in [2.45, 2.75) is 6.43 Å². The molecule has 0 unspecified atom stereocenters. The molecule has 0 amide bonds. The molecule has 0 aliphatic carbocycles. The number of carboxylic acids is 1. The Balaban J connectivity index is 3.45. The minimum atomic E-state index is -2.89. The Kier molecular flexibility index (Phi) is 3.76. The number of alkyl halides is 2. The van der Waals surface area contributed by atoms with E-state index in [1.807, 2.05) is 0 Å². The second kappa shape index (κ2) is 4.47. The normalized spacial score (nSPS) is 10.6. The summed E-state index contributed by atoms with van der Waals surface area (Å²) < 4.78 is 25.3. The SMILES string of the molecule is O=C(O)c1c(C(F)F)ncc(Br)c1I. The zero-order valence-corrected chi connectivity index (χ0v) is 10.2. The van der Waals surface area contributed by atoms with E-state index in [4.69, 9.17) is 5.11 Å². The minimum Gasteiger partial charge on any atom is -0.478 e. The van der Waals surface area contributed by atoms with Gasteiger partial charge in [-0.2, -0.15) is 0 Å². The van der Waals surface area contributed by atoms with Crippen molar-refractivity contribution in [2.24, 2.45) is 0 Å². The van der Waals surface area contributed by atoms with Crippen molar-refractivity contribution in [3.8, 4) is 0 Å². The number of aromatic nitrogens is 1. The van der Waals surface area contributed by atoms with Crippen molar-refractivity contribution >= 4 is 44.5 Å². The van der Waals surface area contributed by atoms with Gasteiger partial charge in [-0.3, -0.25) is 4.98 Å². The topological polar surface area (TPSA) is 50.2 Å². The van der Waals surface area contributed by atoms with Gasteiger partial charge >= 0.3 is 5.97 Å². The molecule has 0 saturated heterocycles. The Morgan fingerprint density at radius 1 is 1.64 bits per heavy atom. The van der Waals surface area contributed by atoms with E-state index in [1.54, 1.807) is 22.6 Å². The maximum absolute atomic E-state index is 12.4. The second-order valence-corrected chi connectivity index (χ2v) is 4.22. The van der Waals surface area contributed by atoms with E-state index >= 15 is 0 Å². The number of hydrogen-bond donors (Lipinski definition) is 1. The molecule has 0 radical (unpaired) electrons. The third-order valence-electron chi connectivity index (χ3n) is 1.42. The summed E-state index contributed by atoms with van der Waals surface area (Å²) in [6.07, 6.45) is -1.72. The molecule has 0 fully saturated rings. The van der Waals surface area contributed by atoms with E-state index < -0.39 is 23.7 Å². The fourth-order valence-corrected chi connectivity index (χ4v) is 1.80. The fraction of sp³-hybridized carbons (Fsp3) is 0.143. The van der Waals surface area contributed by atoms with E-state index in [2.05, 4.69) is 20.9 Å². The van der Waals surface area contributed by atoms with Crippen molar-refractivity contribution in [3.63, 3.8) is 0 Å². The Bertz CT molecular complexity index is 386. The van der Waals surface area contributed by atoms with Gasteiger partial charge in [0.1, 0.15) is 11.3 Å². The van der Waals surface area contributed by atoms with Crippen molar-refractivity contribution in [3.05, 3.63) is 25.5 Å². The molecule has 1 rings (SSSR count).